The van der Waals surface area contributed by atoms with Crippen molar-refractivity contribution in [1.82, 2.24) is 14.5 Å². The van der Waals surface area contributed by atoms with E-state index in [0.29, 0.717) is 5.95 Å². The summed E-state index contributed by atoms with van der Waals surface area (Å²) in [5.41, 5.74) is 9.72. The lowest BCUT2D eigenvalue weighted by Crippen LogP contribution is -2.01. The van der Waals surface area contributed by atoms with Crippen LogP contribution < -0.4 is 5.73 Å². The first-order valence-corrected chi connectivity index (χ1v) is 5.42. The molecule has 0 aliphatic carbocycles. The zero-order valence-corrected chi connectivity index (χ0v) is 9.46. The first-order chi connectivity index (χ1) is 8.25. The molecule has 2 N–H and O–H groups in total. The highest BCUT2D eigenvalue weighted by Gasteiger charge is 2.10. The number of anilines is 1. The molecule has 0 fully saturated rings. The maximum absolute atomic E-state index is 5.95. The largest absolute Gasteiger partial charge is 0.369 e. The number of fused-ring (bicyclic) bond motifs is 1. The number of imidazole rings is 1. The normalized spacial score (nSPS) is 10.9. The number of hydrogen-bond acceptors (Lipinski definition) is 3. The molecule has 4 nitrogen and oxygen atoms in total. The summed E-state index contributed by atoms with van der Waals surface area (Å²) in [4.78, 5) is 8.63. The minimum Gasteiger partial charge on any atom is -0.369 e. The summed E-state index contributed by atoms with van der Waals surface area (Å²) in [5, 5.41) is 0. The van der Waals surface area contributed by atoms with Gasteiger partial charge in [0.15, 0.2) is 5.65 Å². The fraction of sp³-hybridized carbons (Fsp3) is 0.0769. The Morgan fingerprint density at radius 1 is 1.18 bits per heavy atom. The highest BCUT2D eigenvalue weighted by molar-refractivity contribution is 5.76. The predicted octanol–water partition coefficient (Wildman–Crippen LogP) is 2.31. The first kappa shape index (κ1) is 9.84. The Bertz CT molecular complexity index is 685. The minimum atomic E-state index is 0.462. The van der Waals surface area contributed by atoms with Crippen molar-refractivity contribution in [2.75, 3.05) is 5.73 Å². The summed E-state index contributed by atoms with van der Waals surface area (Å²) < 4.78 is 1.86. The maximum Gasteiger partial charge on any atom is 0.207 e. The van der Waals surface area contributed by atoms with Gasteiger partial charge in [-0.25, -0.2) is 9.97 Å². The van der Waals surface area contributed by atoms with Gasteiger partial charge in [-0.15, -0.1) is 0 Å². The number of rotatable bonds is 1. The zero-order chi connectivity index (χ0) is 11.8. The van der Waals surface area contributed by atoms with Crippen molar-refractivity contribution >= 4 is 17.1 Å². The standard InChI is InChI=1S/C13H12N4/c1-9-4-2-5-10(8-9)17-12-11(16-13(17)14)6-3-7-15-12/h2-8H,1H3,(H2,14,16). The lowest BCUT2D eigenvalue weighted by molar-refractivity contribution is 1.08. The number of nitrogen functional groups attached to an aromatic ring is 1. The Labute approximate surface area is 98.7 Å². The maximum atomic E-state index is 5.95. The van der Waals surface area contributed by atoms with Gasteiger partial charge in [-0.2, -0.15) is 0 Å². The summed E-state index contributed by atoms with van der Waals surface area (Å²) in [6.07, 6.45) is 1.75. The topological polar surface area (TPSA) is 56.7 Å². The van der Waals surface area contributed by atoms with Crippen LogP contribution in [0.1, 0.15) is 5.56 Å². The van der Waals surface area contributed by atoms with Gasteiger partial charge in [-0.1, -0.05) is 12.1 Å². The van der Waals surface area contributed by atoms with E-state index in [2.05, 4.69) is 16.0 Å². The number of nitrogens with two attached hydrogens (primary N) is 1. The summed E-state index contributed by atoms with van der Waals surface area (Å²) in [5.74, 6) is 0.462. The highest BCUT2D eigenvalue weighted by atomic mass is 15.2. The van der Waals surface area contributed by atoms with Crippen molar-refractivity contribution in [3.63, 3.8) is 0 Å². The van der Waals surface area contributed by atoms with Crippen molar-refractivity contribution in [2.45, 2.75) is 6.92 Å². The molecule has 0 unspecified atom stereocenters. The lowest BCUT2D eigenvalue weighted by Gasteiger charge is -2.06. The van der Waals surface area contributed by atoms with Crippen molar-refractivity contribution in [3.05, 3.63) is 48.2 Å². The van der Waals surface area contributed by atoms with Crippen molar-refractivity contribution in [2.24, 2.45) is 0 Å². The molecular weight excluding hydrogens is 212 g/mol. The van der Waals surface area contributed by atoms with Crippen LogP contribution in [0.25, 0.3) is 16.9 Å². The van der Waals surface area contributed by atoms with E-state index in [1.165, 1.54) is 5.56 Å². The molecule has 0 aliphatic rings. The predicted molar refractivity (Wildman–Crippen MR) is 68.0 cm³/mol. The second kappa shape index (κ2) is 3.59. The van der Waals surface area contributed by atoms with E-state index >= 15 is 0 Å². The SMILES string of the molecule is Cc1cccc(-n2c(N)nc3cccnc32)c1. The minimum absolute atomic E-state index is 0.462. The van der Waals surface area contributed by atoms with E-state index in [0.717, 1.165) is 16.9 Å². The summed E-state index contributed by atoms with van der Waals surface area (Å²) in [6, 6.07) is 11.9. The molecule has 0 aliphatic heterocycles. The van der Waals surface area contributed by atoms with Gasteiger partial charge in [-0.3, -0.25) is 4.57 Å². The van der Waals surface area contributed by atoms with Crippen LogP contribution in [-0.4, -0.2) is 14.5 Å². The molecule has 0 bridgehead atoms. The highest BCUT2D eigenvalue weighted by Crippen LogP contribution is 2.21. The lowest BCUT2D eigenvalue weighted by atomic mass is 10.2. The number of hydrogen-bond donors (Lipinski definition) is 1. The average Bonchev–Trinajstić information content (AvgIpc) is 2.64. The fourth-order valence-electron chi connectivity index (χ4n) is 1.95. The number of nitrogens with zero attached hydrogens (tertiary/aromatic N) is 3. The second-order valence-electron chi connectivity index (χ2n) is 3.99. The van der Waals surface area contributed by atoms with Crippen LogP contribution in [0.5, 0.6) is 0 Å². The molecule has 2 heterocycles. The van der Waals surface area contributed by atoms with Crippen molar-refractivity contribution in [3.8, 4) is 5.69 Å². The van der Waals surface area contributed by atoms with E-state index < -0.39 is 0 Å². The Kier molecular flexibility index (Phi) is 2.08. The van der Waals surface area contributed by atoms with Crippen LogP contribution in [0.4, 0.5) is 5.95 Å². The van der Waals surface area contributed by atoms with Crippen LogP contribution >= 0.6 is 0 Å². The van der Waals surface area contributed by atoms with Gasteiger partial charge in [-0.05, 0) is 36.8 Å². The summed E-state index contributed by atoms with van der Waals surface area (Å²) in [7, 11) is 0. The molecule has 0 atom stereocenters. The van der Waals surface area contributed by atoms with Gasteiger partial charge in [0.25, 0.3) is 0 Å². The molecule has 1 aromatic carbocycles. The number of pyridine rings is 1. The van der Waals surface area contributed by atoms with E-state index in [9.17, 15) is 0 Å². The van der Waals surface area contributed by atoms with Crippen LogP contribution in [0.15, 0.2) is 42.6 Å². The van der Waals surface area contributed by atoms with E-state index in [1.54, 1.807) is 6.20 Å². The van der Waals surface area contributed by atoms with Gasteiger partial charge in [0.05, 0.1) is 5.69 Å². The van der Waals surface area contributed by atoms with Crippen LogP contribution in [0, 0.1) is 6.92 Å². The number of aromatic nitrogens is 3. The molecule has 0 saturated carbocycles. The first-order valence-electron chi connectivity index (χ1n) is 5.42. The van der Waals surface area contributed by atoms with Crippen LogP contribution in [-0.2, 0) is 0 Å². The molecule has 2 aromatic heterocycles. The number of benzene rings is 1. The van der Waals surface area contributed by atoms with E-state index in [4.69, 9.17) is 5.73 Å². The molecule has 3 rings (SSSR count). The van der Waals surface area contributed by atoms with Gasteiger partial charge in [0.1, 0.15) is 5.52 Å². The third kappa shape index (κ3) is 1.54. The molecular formula is C13H12N4. The van der Waals surface area contributed by atoms with E-state index in [-0.39, 0.29) is 0 Å². The van der Waals surface area contributed by atoms with Crippen LogP contribution in [0.3, 0.4) is 0 Å². The van der Waals surface area contributed by atoms with Crippen molar-refractivity contribution < 1.29 is 0 Å². The van der Waals surface area contributed by atoms with E-state index in [1.807, 2.05) is 41.8 Å². The molecule has 0 amide bonds. The average molecular weight is 224 g/mol. The molecule has 0 radical (unpaired) electrons. The third-order valence-electron chi connectivity index (χ3n) is 2.70. The number of aryl methyl sites for hydroxylation is 1. The Hall–Kier alpha value is -2.36. The Balaban J connectivity index is 2.33. The van der Waals surface area contributed by atoms with Crippen LogP contribution in [0.2, 0.25) is 0 Å². The molecule has 0 saturated heterocycles. The zero-order valence-electron chi connectivity index (χ0n) is 9.46. The smallest absolute Gasteiger partial charge is 0.207 e. The van der Waals surface area contributed by atoms with Gasteiger partial charge in [0.2, 0.25) is 5.95 Å². The van der Waals surface area contributed by atoms with Gasteiger partial charge < -0.3 is 5.73 Å². The molecule has 0 spiro atoms. The van der Waals surface area contributed by atoms with Gasteiger partial charge in [0, 0.05) is 6.20 Å². The third-order valence-corrected chi connectivity index (χ3v) is 2.70. The second-order valence-corrected chi connectivity index (χ2v) is 3.99. The molecule has 4 heteroatoms. The Morgan fingerprint density at radius 2 is 2.06 bits per heavy atom. The quantitative estimate of drug-likeness (QED) is 0.690. The fourth-order valence-corrected chi connectivity index (χ4v) is 1.95. The Morgan fingerprint density at radius 3 is 2.88 bits per heavy atom. The molecule has 84 valence electrons. The van der Waals surface area contributed by atoms with Crippen molar-refractivity contribution in [1.29, 1.82) is 0 Å². The molecule has 17 heavy (non-hydrogen) atoms. The van der Waals surface area contributed by atoms with Gasteiger partial charge >= 0.3 is 0 Å². The monoisotopic (exact) mass is 224 g/mol. The summed E-state index contributed by atoms with van der Waals surface area (Å²) in [6.45, 7) is 2.05. The molecule has 3 aromatic rings. The summed E-state index contributed by atoms with van der Waals surface area (Å²) >= 11 is 0.